The number of phenols is 1. The number of phenolic OH excluding ortho intramolecular Hbond substituents is 1. The highest BCUT2D eigenvalue weighted by Crippen LogP contribution is 2.38. The molecule has 1 aromatic heterocycles. The maximum atomic E-state index is 13.2. The van der Waals surface area contributed by atoms with Crippen molar-refractivity contribution in [2.24, 2.45) is 0 Å². The summed E-state index contributed by atoms with van der Waals surface area (Å²) in [4.78, 5) is 25.9. The topological polar surface area (TPSA) is 105 Å². The Morgan fingerprint density at radius 2 is 1.74 bits per heavy atom. The predicted molar refractivity (Wildman–Crippen MR) is 150 cm³/mol. The monoisotopic (exact) mass is 524 g/mol. The maximum Gasteiger partial charge on any atom is 0.342 e. The summed E-state index contributed by atoms with van der Waals surface area (Å²) in [6.45, 7) is 2.85. The number of aromatic hydroxyl groups is 1. The minimum atomic E-state index is -0.300. The van der Waals surface area contributed by atoms with Gasteiger partial charge in [0.05, 0.1) is 18.0 Å². The van der Waals surface area contributed by atoms with Gasteiger partial charge in [0.25, 0.3) is 5.91 Å². The summed E-state index contributed by atoms with van der Waals surface area (Å²) in [5.74, 6) is 0.602. The van der Waals surface area contributed by atoms with Gasteiger partial charge in [-0.3, -0.25) is 4.79 Å². The van der Waals surface area contributed by atoms with Crippen LogP contribution in [0.25, 0.3) is 11.3 Å². The third-order valence-electron chi connectivity index (χ3n) is 6.95. The molecule has 1 saturated carbocycles. The molecule has 8 heteroatoms. The number of hydrogen-bond acceptors (Lipinski definition) is 5. The number of aromatic nitrogens is 2. The van der Waals surface area contributed by atoms with Crippen molar-refractivity contribution in [3.63, 3.8) is 0 Å². The smallest absolute Gasteiger partial charge is 0.342 e. The molecule has 0 radical (unpaired) electrons. The van der Waals surface area contributed by atoms with E-state index < -0.39 is 0 Å². The van der Waals surface area contributed by atoms with Gasteiger partial charge < -0.3 is 20.5 Å². The highest BCUT2D eigenvalue weighted by Gasteiger charge is 2.26. The normalized spacial score (nSPS) is 13.3. The van der Waals surface area contributed by atoms with E-state index in [4.69, 9.17) is 4.74 Å². The summed E-state index contributed by atoms with van der Waals surface area (Å²) < 4.78 is 6.86. The summed E-state index contributed by atoms with van der Waals surface area (Å²) in [6, 6.07) is 23.1. The first-order valence-electron chi connectivity index (χ1n) is 13.3. The largest absolute Gasteiger partial charge is 0.507 e. The lowest BCUT2D eigenvalue weighted by Crippen LogP contribution is -2.30. The minimum Gasteiger partial charge on any atom is -0.507 e. The molecule has 0 atom stereocenters. The molecule has 3 aromatic carbocycles. The first-order chi connectivity index (χ1) is 19.0. The Labute approximate surface area is 227 Å². The molecular formula is C31H32N4O4. The first kappa shape index (κ1) is 26.0. The minimum absolute atomic E-state index is 0.0354. The Morgan fingerprint density at radius 3 is 2.44 bits per heavy atom. The number of carbonyl (C=O) groups excluding carboxylic acids is 2. The Morgan fingerprint density at radius 1 is 1.00 bits per heavy atom. The molecule has 0 aliphatic heterocycles. The van der Waals surface area contributed by atoms with Crippen LogP contribution >= 0.6 is 0 Å². The van der Waals surface area contributed by atoms with Crippen molar-refractivity contribution in [2.75, 3.05) is 11.9 Å². The van der Waals surface area contributed by atoms with Crippen molar-refractivity contribution >= 4 is 17.6 Å². The number of amides is 2. The van der Waals surface area contributed by atoms with Crippen molar-refractivity contribution in [1.29, 1.82) is 0 Å². The van der Waals surface area contributed by atoms with Crippen LogP contribution in [-0.2, 0) is 6.54 Å². The summed E-state index contributed by atoms with van der Waals surface area (Å²) >= 11 is 0. The Kier molecular flexibility index (Phi) is 7.91. The van der Waals surface area contributed by atoms with Gasteiger partial charge in [-0.2, -0.15) is 9.78 Å². The Balaban J connectivity index is 1.34. The van der Waals surface area contributed by atoms with E-state index in [0.29, 0.717) is 41.4 Å². The van der Waals surface area contributed by atoms with Crippen LogP contribution in [-0.4, -0.2) is 33.4 Å². The second-order valence-electron chi connectivity index (χ2n) is 9.64. The molecule has 4 aromatic rings. The van der Waals surface area contributed by atoms with E-state index in [0.717, 1.165) is 36.9 Å². The average molecular weight is 525 g/mol. The van der Waals surface area contributed by atoms with Crippen LogP contribution in [0.5, 0.6) is 11.5 Å². The van der Waals surface area contributed by atoms with E-state index in [1.165, 1.54) is 10.7 Å². The number of rotatable bonds is 8. The fourth-order valence-corrected chi connectivity index (χ4v) is 4.95. The zero-order valence-electron chi connectivity index (χ0n) is 21.9. The predicted octanol–water partition coefficient (Wildman–Crippen LogP) is 6.32. The molecule has 0 spiro atoms. The number of nitrogens with one attached hydrogen (secondary N) is 2. The van der Waals surface area contributed by atoms with Gasteiger partial charge in [0, 0.05) is 35.3 Å². The number of benzene rings is 3. The van der Waals surface area contributed by atoms with Gasteiger partial charge in [0.2, 0.25) is 0 Å². The van der Waals surface area contributed by atoms with Gasteiger partial charge in [-0.05, 0) is 67.8 Å². The number of anilines is 1. The van der Waals surface area contributed by atoms with Crippen LogP contribution in [0, 0.1) is 0 Å². The number of nitrogens with zero attached hydrogens (tertiary/aromatic N) is 2. The highest BCUT2D eigenvalue weighted by molar-refractivity contribution is 6.04. The molecule has 200 valence electrons. The summed E-state index contributed by atoms with van der Waals surface area (Å²) in [7, 11) is 0. The van der Waals surface area contributed by atoms with E-state index in [1.807, 2.05) is 43.3 Å². The van der Waals surface area contributed by atoms with Crippen LogP contribution in [0.3, 0.4) is 0 Å². The third kappa shape index (κ3) is 6.12. The SMILES string of the molecule is CCOc1ccc(C(=O)Nc2ccc(-c3cc(C4CCCC4)n(C(=O)NCc4ccccc4)n3)c(O)c2)cc1. The lowest BCUT2D eigenvalue weighted by atomic mass is 10.0. The lowest BCUT2D eigenvalue weighted by Gasteiger charge is -2.12. The molecule has 0 unspecified atom stereocenters. The van der Waals surface area contributed by atoms with Crippen molar-refractivity contribution in [3.05, 3.63) is 95.7 Å². The van der Waals surface area contributed by atoms with Crippen molar-refractivity contribution in [2.45, 2.75) is 45.1 Å². The van der Waals surface area contributed by atoms with E-state index in [9.17, 15) is 14.7 Å². The van der Waals surface area contributed by atoms with Crippen molar-refractivity contribution < 1.29 is 19.4 Å². The van der Waals surface area contributed by atoms with Gasteiger partial charge in [0.15, 0.2) is 0 Å². The zero-order chi connectivity index (χ0) is 27.2. The summed E-state index contributed by atoms with van der Waals surface area (Å²) in [6.07, 6.45) is 4.23. The molecule has 39 heavy (non-hydrogen) atoms. The summed E-state index contributed by atoms with van der Waals surface area (Å²) in [5.41, 5.74) is 3.77. The first-order valence-corrected chi connectivity index (χ1v) is 13.3. The van der Waals surface area contributed by atoms with E-state index in [2.05, 4.69) is 15.7 Å². The second-order valence-corrected chi connectivity index (χ2v) is 9.64. The molecule has 1 heterocycles. The number of hydrogen-bond donors (Lipinski definition) is 3. The van der Waals surface area contributed by atoms with Gasteiger partial charge in [-0.1, -0.05) is 43.2 Å². The zero-order valence-corrected chi connectivity index (χ0v) is 21.9. The van der Waals surface area contributed by atoms with Crippen LogP contribution in [0.15, 0.2) is 78.9 Å². The van der Waals surface area contributed by atoms with Crippen LogP contribution in [0.4, 0.5) is 10.5 Å². The summed E-state index contributed by atoms with van der Waals surface area (Å²) in [5, 5.41) is 21.2. The quantitative estimate of drug-likeness (QED) is 0.250. The molecule has 1 aliphatic rings. The number of ether oxygens (including phenoxy) is 1. The van der Waals surface area contributed by atoms with Crippen LogP contribution in [0.1, 0.15) is 60.1 Å². The number of carbonyl (C=O) groups is 2. The molecule has 0 saturated heterocycles. The lowest BCUT2D eigenvalue weighted by molar-refractivity contribution is 0.102. The molecular weight excluding hydrogens is 492 g/mol. The molecule has 5 rings (SSSR count). The van der Waals surface area contributed by atoms with Crippen LogP contribution < -0.4 is 15.4 Å². The van der Waals surface area contributed by atoms with E-state index in [-0.39, 0.29) is 23.6 Å². The van der Waals surface area contributed by atoms with Crippen LogP contribution in [0.2, 0.25) is 0 Å². The van der Waals surface area contributed by atoms with Crippen molar-refractivity contribution in [3.8, 4) is 22.8 Å². The van der Waals surface area contributed by atoms with Gasteiger partial charge >= 0.3 is 6.03 Å². The molecule has 1 aliphatic carbocycles. The molecule has 1 fully saturated rings. The Hall–Kier alpha value is -4.59. The van der Waals surface area contributed by atoms with Gasteiger partial charge in [0.1, 0.15) is 11.5 Å². The fourth-order valence-electron chi connectivity index (χ4n) is 4.95. The van der Waals surface area contributed by atoms with E-state index >= 15 is 0 Å². The second kappa shape index (κ2) is 11.9. The Bertz CT molecular complexity index is 1440. The molecule has 8 nitrogen and oxygen atoms in total. The fraction of sp³-hybridized carbons (Fsp3) is 0.258. The highest BCUT2D eigenvalue weighted by atomic mass is 16.5. The molecule has 3 N–H and O–H groups in total. The standard InChI is InChI=1S/C31H32N4O4/c1-2-39-25-15-12-23(13-16-25)30(37)33-24-14-17-26(29(36)18-24)27-19-28(22-10-6-7-11-22)35(34-27)31(38)32-20-21-8-4-3-5-9-21/h3-5,8-9,12-19,22,36H,2,6-7,10-11,20H2,1H3,(H,32,38)(H,33,37). The third-order valence-corrected chi connectivity index (χ3v) is 6.95. The molecule has 2 amide bonds. The molecule has 0 bridgehead atoms. The van der Waals surface area contributed by atoms with Gasteiger partial charge in [-0.25, -0.2) is 4.79 Å². The van der Waals surface area contributed by atoms with Crippen molar-refractivity contribution in [1.82, 2.24) is 15.1 Å². The van der Waals surface area contributed by atoms with Gasteiger partial charge in [-0.15, -0.1) is 0 Å². The van der Waals surface area contributed by atoms with E-state index in [1.54, 1.807) is 36.4 Å². The maximum absolute atomic E-state index is 13.2. The average Bonchev–Trinajstić information content (AvgIpc) is 3.64.